The number of pyridine rings is 1. The first-order valence-electron chi connectivity index (χ1n) is 8.36. The Balaban J connectivity index is 1.72. The topological polar surface area (TPSA) is 74.6 Å². The van der Waals surface area contributed by atoms with Gasteiger partial charge in [-0.05, 0) is 43.2 Å². The first kappa shape index (κ1) is 18.4. The van der Waals surface area contributed by atoms with Gasteiger partial charge in [-0.25, -0.2) is 0 Å². The number of aliphatic hydroxyl groups excluding tert-OH is 1. The number of anilines is 2. The second-order valence-electron chi connectivity index (χ2n) is 6.36. The van der Waals surface area contributed by atoms with E-state index in [2.05, 4.69) is 16.4 Å². The van der Waals surface area contributed by atoms with Crippen LogP contribution in [-0.2, 0) is 5.60 Å². The van der Waals surface area contributed by atoms with E-state index in [4.69, 9.17) is 9.84 Å². The van der Waals surface area contributed by atoms with Crippen LogP contribution in [0.5, 0.6) is 5.88 Å². The maximum atomic E-state index is 10.1. The van der Waals surface area contributed by atoms with Crippen molar-refractivity contribution in [2.24, 2.45) is 0 Å². The summed E-state index contributed by atoms with van der Waals surface area (Å²) in [5.41, 5.74) is 1.15. The molecule has 136 valence electrons. The number of nitrogens with one attached hydrogen (secondary N) is 1. The number of hydrogen-bond donors (Lipinski definition) is 3. The fourth-order valence-electron chi connectivity index (χ4n) is 2.44. The maximum absolute atomic E-state index is 10.1. The van der Waals surface area contributed by atoms with Gasteiger partial charge >= 0.3 is 0 Å². The summed E-state index contributed by atoms with van der Waals surface area (Å²) >= 11 is 1.62. The Morgan fingerprint density at radius 1 is 1.08 bits per heavy atom. The highest BCUT2D eigenvalue weighted by molar-refractivity contribution is 7.19. The molecule has 0 aliphatic heterocycles. The monoisotopic (exact) mass is 370 g/mol. The van der Waals surface area contributed by atoms with Crippen LogP contribution in [0, 0.1) is 0 Å². The zero-order chi connectivity index (χ0) is 18.6. The lowest BCUT2D eigenvalue weighted by molar-refractivity contribution is 0.0786. The Morgan fingerprint density at radius 3 is 2.54 bits per heavy atom. The number of hydrogen-bond acceptors (Lipinski definition) is 6. The van der Waals surface area contributed by atoms with E-state index >= 15 is 0 Å². The number of ether oxygens (including phenoxy) is 1. The summed E-state index contributed by atoms with van der Waals surface area (Å²) in [6, 6.07) is 17.5. The molecule has 2 aromatic heterocycles. The lowest BCUT2D eigenvalue weighted by Crippen LogP contribution is -2.14. The molecule has 0 bridgehead atoms. The predicted octanol–water partition coefficient (Wildman–Crippen LogP) is 4.15. The first-order valence-corrected chi connectivity index (χ1v) is 9.18. The van der Waals surface area contributed by atoms with Gasteiger partial charge < -0.3 is 20.3 Å². The fourth-order valence-corrected chi connectivity index (χ4v) is 3.36. The van der Waals surface area contributed by atoms with Crippen molar-refractivity contribution in [3.63, 3.8) is 0 Å². The standard InChI is InChI=1S/C20H22N2O3S/c1-20(2,24)15-8-6-14(7-9-15)16-10-11-19(26-16)22-17-4-3-5-18(21-17)25-13-12-23/h3-11,23-24H,12-13H2,1-2H3,(H,21,22). The van der Waals surface area contributed by atoms with Crippen LogP contribution in [-0.4, -0.2) is 28.4 Å². The van der Waals surface area contributed by atoms with Crippen molar-refractivity contribution in [2.75, 3.05) is 18.5 Å². The van der Waals surface area contributed by atoms with Crippen molar-refractivity contribution < 1.29 is 14.9 Å². The summed E-state index contributed by atoms with van der Waals surface area (Å²) in [6.07, 6.45) is 0. The van der Waals surface area contributed by atoms with Gasteiger partial charge in [0.05, 0.1) is 17.2 Å². The molecule has 0 atom stereocenters. The molecule has 26 heavy (non-hydrogen) atoms. The Kier molecular flexibility index (Phi) is 5.56. The Morgan fingerprint density at radius 2 is 1.85 bits per heavy atom. The van der Waals surface area contributed by atoms with E-state index < -0.39 is 5.60 Å². The second kappa shape index (κ2) is 7.86. The van der Waals surface area contributed by atoms with Crippen LogP contribution in [0.15, 0.2) is 54.6 Å². The Bertz CT molecular complexity index is 854. The molecule has 3 N–H and O–H groups in total. The molecule has 3 rings (SSSR count). The first-order chi connectivity index (χ1) is 12.5. The molecule has 3 aromatic rings. The van der Waals surface area contributed by atoms with Crippen molar-refractivity contribution in [3.8, 4) is 16.3 Å². The van der Waals surface area contributed by atoms with Crippen LogP contribution in [0.3, 0.4) is 0 Å². The fraction of sp³-hybridized carbons (Fsp3) is 0.250. The minimum absolute atomic E-state index is 0.0418. The summed E-state index contributed by atoms with van der Waals surface area (Å²) in [5.74, 6) is 1.16. The number of thiophene rings is 1. The summed E-state index contributed by atoms with van der Waals surface area (Å²) < 4.78 is 5.33. The van der Waals surface area contributed by atoms with Crippen LogP contribution in [0.4, 0.5) is 10.8 Å². The van der Waals surface area contributed by atoms with Gasteiger partial charge in [-0.3, -0.25) is 0 Å². The predicted molar refractivity (Wildman–Crippen MR) is 105 cm³/mol. The van der Waals surface area contributed by atoms with Crippen LogP contribution < -0.4 is 10.1 Å². The van der Waals surface area contributed by atoms with Crippen LogP contribution >= 0.6 is 11.3 Å². The molecule has 5 nitrogen and oxygen atoms in total. The number of benzene rings is 1. The SMILES string of the molecule is CC(C)(O)c1ccc(-c2ccc(Nc3cccc(OCCO)n3)s2)cc1. The highest BCUT2D eigenvalue weighted by Gasteiger charge is 2.15. The van der Waals surface area contributed by atoms with Crippen molar-refractivity contribution in [2.45, 2.75) is 19.4 Å². The highest BCUT2D eigenvalue weighted by atomic mass is 32.1. The third-order valence-corrected chi connectivity index (χ3v) is 4.85. The lowest BCUT2D eigenvalue weighted by Gasteiger charge is -2.17. The van der Waals surface area contributed by atoms with Gasteiger partial charge in [-0.1, -0.05) is 30.3 Å². The molecule has 0 unspecified atom stereocenters. The molecule has 0 saturated heterocycles. The quantitative estimate of drug-likeness (QED) is 0.582. The van der Waals surface area contributed by atoms with Gasteiger partial charge in [-0.15, -0.1) is 11.3 Å². The molecule has 0 saturated carbocycles. The van der Waals surface area contributed by atoms with Gasteiger partial charge in [-0.2, -0.15) is 4.98 Å². The van der Waals surface area contributed by atoms with E-state index in [1.54, 1.807) is 31.3 Å². The average Bonchev–Trinajstić information content (AvgIpc) is 3.08. The van der Waals surface area contributed by atoms with E-state index in [-0.39, 0.29) is 13.2 Å². The number of nitrogens with zero attached hydrogens (tertiary/aromatic N) is 1. The second-order valence-corrected chi connectivity index (χ2v) is 7.44. The molecule has 0 aliphatic rings. The van der Waals surface area contributed by atoms with Gasteiger partial charge in [0, 0.05) is 10.9 Å². The largest absolute Gasteiger partial charge is 0.475 e. The zero-order valence-electron chi connectivity index (χ0n) is 14.8. The highest BCUT2D eigenvalue weighted by Crippen LogP contribution is 2.34. The van der Waals surface area contributed by atoms with Crippen LogP contribution in [0.1, 0.15) is 19.4 Å². The van der Waals surface area contributed by atoms with Gasteiger partial charge in [0.1, 0.15) is 12.4 Å². The summed E-state index contributed by atoms with van der Waals surface area (Å²) in [7, 11) is 0. The Hall–Kier alpha value is -2.41. The van der Waals surface area contributed by atoms with Crippen molar-refractivity contribution in [1.29, 1.82) is 0 Å². The van der Waals surface area contributed by atoms with E-state index in [9.17, 15) is 5.11 Å². The Labute approximate surface area is 156 Å². The smallest absolute Gasteiger partial charge is 0.215 e. The average molecular weight is 370 g/mol. The minimum atomic E-state index is -0.838. The molecule has 0 radical (unpaired) electrons. The molecule has 0 amide bonds. The third-order valence-electron chi connectivity index (χ3n) is 3.80. The molecule has 0 spiro atoms. The van der Waals surface area contributed by atoms with Crippen molar-refractivity contribution in [1.82, 2.24) is 4.98 Å². The van der Waals surface area contributed by atoms with Gasteiger partial charge in [0.15, 0.2) is 0 Å². The zero-order valence-corrected chi connectivity index (χ0v) is 15.6. The molecule has 1 aromatic carbocycles. The maximum Gasteiger partial charge on any atom is 0.215 e. The van der Waals surface area contributed by atoms with Gasteiger partial charge in [0.25, 0.3) is 0 Å². The molecule has 2 heterocycles. The number of aromatic nitrogens is 1. The number of aliphatic hydroxyl groups is 2. The van der Waals surface area contributed by atoms with E-state index in [1.807, 2.05) is 42.5 Å². The minimum Gasteiger partial charge on any atom is -0.475 e. The summed E-state index contributed by atoms with van der Waals surface area (Å²) in [4.78, 5) is 5.49. The van der Waals surface area contributed by atoms with E-state index in [0.29, 0.717) is 11.7 Å². The molecule has 0 aliphatic carbocycles. The number of rotatable bonds is 7. The van der Waals surface area contributed by atoms with Crippen LogP contribution in [0.25, 0.3) is 10.4 Å². The third kappa shape index (κ3) is 4.60. The summed E-state index contributed by atoms with van der Waals surface area (Å²) in [6.45, 7) is 3.74. The normalized spacial score (nSPS) is 11.4. The molecular formula is C20H22N2O3S. The summed E-state index contributed by atoms with van der Waals surface area (Å²) in [5, 5.41) is 23.1. The molecule has 6 heteroatoms. The lowest BCUT2D eigenvalue weighted by atomic mass is 9.97. The van der Waals surface area contributed by atoms with E-state index in [0.717, 1.165) is 21.0 Å². The van der Waals surface area contributed by atoms with Gasteiger partial charge in [0.2, 0.25) is 5.88 Å². The molecule has 0 fully saturated rings. The molecular weight excluding hydrogens is 348 g/mol. The van der Waals surface area contributed by atoms with E-state index in [1.165, 1.54) is 0 Å². The van der Waals surface area contributed by atoms with Crippen LogP contribution in [0.2, 0.25) is 0 Å². The van der Waals surface area contributed by atoms with Crippen molar-refractivity contribution in [3.05, 3.63) is 60.2 Å². The van der Waals surface area contributed by atoms with Crippen molar-refractivity contribution >= 4 is 22.2 Å².